The summed E-state index contributed by atoms with van der Waals surface area (Å²) in [5.74, 6) is 1.52. The second kappa shape index (κ2) is 6.84. The van der Waals surface area contributed by atoms with Gasteiger partial charge in [-0.15, -0.1) is 5.10 Å². The van der Waals surface area contributed by atoms with Gasteiger partial charge < -0.3 is 4.74 Å². The smallest absolute Gasteiger partial charge is 0.272 e. The Morgan fingerprint density at radius 3 is 2.87 bits per heavy atom. The molecule has 2 heterocycles. The first kappa shape index (κ1) is 14.9. The molecule has 8 heteroatoms. The average molecular weight is 312 g/mol. The van der Waals surface area contributed by atoms with E-state index < -0.39 is 0 Å². The molecule has 0 fully saturated rings. The number of para-hydroxylation sites is 1. The number of hydrogen-bond donors (Lipinski definition) is 1. The minimum Gasteiger partial charge on any atom is -0.484 e. The summed E-state index contributed by atoms with van der Waals surface area (Å²) in [6.07, 6.45) is 2.81. The van der Waals surface area contributed by atoms with Crippen LogP contribution in [0.1, 0.15) is 18.7 Å². The van der Waals surface area contributed by atoms with Crippen molar-refractivity contribution in [1.29, 1.82) is 0 Å². The van der Waals surface area contributed by atoms with E-state index in [0.717, 1.165) is 11.4 Å². The van der Waals surface area contributed by atoms with Crippen molar-refractivity contribution >= 4 is 18.1 Å². The molecule has 0 bridgehead atoms. The van der Waals surface area contributed by atoms with Gasteiger partial charge in [-0.1, -0.05) is 18.2 Å². The van der Waals surface area contributed by atoms with E-state index in [2.05, 4.69) is 30.4 Å². The maximum atomic E-state index is 5.93. The van der Waals surface area contributed by atoms with Crippen molar-refractivity contribution in [3.05, 3.63) is 48.3 Å². The Labute approximate surface area is 132 Å². The molecule has 1 aromatic carbocycles. The summed E-state index contributed by atoms with van der Waals surface area (Å²) in [5.41, 5.74) is 3.31. The monoisotopic (exact) mass is 312 g/mol. The van der Waals surface area contributed by atoms with Crippen LogP contribution >= 0.6 is 0 Å². The third-order valence-corrected chi connectivity index (χ3v) is 3.08. The lowest BCUT2D eigenvalue weighted by Crippen LogP contribution is -2.10. The molecule has 3 rings (SSSR count). The van der Waals surface area contributed by atoms with Crippen LogP contribution in [0.5, 0.6) is 5.75 Å². The van der Waals surface area contributed by atoms with E-state index >= 15 is 0 Å². The van der Waals surface area contributed by atoms with Gasteiger partial charge in [0.05, 0.1) is 12.8 Å². The van der Waals surface area contributed by atoms with Gasteiger partial charge in [0.25, 0.3) is 11.7 Å². The molecule has 1 atom stereocenters. The van der Waals surface area contributed by atoms with Gasteiger partial charge in [-0.25, -0.2) is 4.98 Å². The van der Waals surface area contributed by atoms with Gasteiger partial charge in [0.15, 0.2) is 0 Å². The van der Waals surface area contributed by atoms with Crippen LogP contribution in [0.2, 0.25) is 0 Å². The van der Waals surface area contributed by atoms with Crippen LogP contribution in [-0.4, -0.2) is 33.0 Å². The Balaban J connectivity index is 1.88. The molecule has 0 spiro atoms. The van der Waals surface area contributed by atoms with E-state index in [1.807, 2.05) is 43.3 Å². The summed E-state index contributed by atoms with van der Waals surface area (Å²) in [7, 11) is 1.49. The van der Waals surface area contributed by atoms with Gasteiger partial charge in [-0.2, -0.15) is 14.5 Å². The number of aromatic nitrogens is 4. The molecule has 0 aliphatic heterocycles. The molecule has 23 heavy (non-hydrogen) atoms. The molecule has 1 N–H and O–H groups in total. The van der Waals surface area contributed by atoms with Crippen LogP contribution in [0, 0.1) is 0 Å². The van der Waals surface area contributed by atoms with E-state index in [0.29, 0.717) is 5.78 Å². The van der Waals surface area contributed by atoms with Gasteiger partial charge in [-0.3, -0.25) is 10.3 Å². The van der Waals surface area contributed by atoms with Gasteiger partial charge in [0.2, 0.25) is 0 Å². The molecular formula is C15H16N6O2. The van der Waals surface area contributed by atoms with E-state index in [4.69, 9.17) is 4.74 Å². The Bertz CT molecular complexity index is 802. The molecule has 0 amide bonds. The van der Waals surface area contributed by atoms with Gasteiger partial charge in [0.1, 0.15) is 18.2 Å². The number of ether oxygens (including phenoxy) is 1. The van der Waals surface area contributed by atoms with Crippen molar-refractivity contribution in [2.24, 2.45) is 4.99 Å². The Morgan fingerprint density at radius 1 is 1.26 bits per heavy atom. The Kier molecular flexibility index (Phi) is 4.44. The fourth-order valence-corrected chi connectivity index (χ4v) is 2.06. The lowest BCUT2D eigenvalue weighted by molar-refractivity contribution is 0.148. The fraction of sp³-hybridized carbons (Fsp3) is 0.200. The van der Waals surface area contributed by atoms with Gasteiger partial charge in [-0.05, 0) is 25.1 Å². The van der Waals surface area contributed by atoms with E-state index in [-0.39, 0.29) is 12.1 Å². The molecule has 0 saturated heterocycles. The molecule has 8 nitrogen and oxygen atoms in total. The number of nitrogens with zero attached hydrogens (tertiary/aromatic N) is 5. The lowest BCUT2D eigenvalue weighted by Gasteiger charge is -2.15. The fourth-order valence-electron chi connectivity index (χ4n) is 2.06. The number of benzene rings is 1. The summed E-state index contributed by atoms with van der Waals surface area (Å²) in [6, 6.07) is 11.4. The van der Waals surface area contributed by atoms with Crippen molar-refractivity contribution in [2.75, 3.05) is 7.11 Å². The first-order valence-corrected chi connectivity index (χ1v) is 7.02. The van der Waals surface area contributed by atoms with Gasteiger partial charge in [0, 0.05) is 6.20 Å². The normalized spacial score (nSPS) is 12.6. The third kappa shape index (κ3) is 3.43. The average Bonchev–Trinajstić information content (AvgIpc) is 2.98. The zero-order valence-corrected chi connectivity index (χ0v) is 12.7. The summed E-state index contributed by atoms with van der Waals surface area (Å²) in [6.45, 7) is 1.94. The van der Waals surface area contributed by atoms with Crippen molar-refractivity contribution in [3.8, 4) is 5.75 Å². The summed E-state index contributed by atoms with van der Waals surface area (Å²) < 4.78 is 7.55. The van der Waals surface area contributed by atoms with Crippen molar-refractivity contribution < 1.29 is 9.57 Å². The zero-order chi connectivity index (χ0) is 16.1. The standard InChI is InChI=1S/C15H16N6O2/c1-11(23-12-6-4-3-5-7-12)13-8-9-16-15-19-14(20-21(13)15)17-10-18-22-2/h3-11H,1-2H3,(H,17,18,20). The van der Waals surface area contributed by atoms with Crippen molar-refractivity contribution in [2.45, 2.75) is 13.0 Å². The van der Waals surface area contributed by atoms with Crippen LogP contribution < -0.4 is 10.2 Å². The first-order chi connectivity index (χ1) is 11.3. The first-order valence-electron chi connectivity index (χ1n) is 7.02. The predicted octanol–water partition coefficient (Wildman–Crippen LogP) is 2.08. The maximum Gasteiger partial charge on any atom is 0.272 e. The summed E-state index contributed by atoms with van der Waals surface area (Å²) in [4.78, 5) is 17.1. The highest BCUT2D eigenvalue weighted by Crippen LogP contribution is 2.21. The predicted molar refractivity (Wildman–Crippen MR) is 84.6 cm³/mol. The highest BCUT2D eigenvalue weighted by atomic mass is 16.6. The summed E-state index contributed by atoms with van der Waals surface area (Å²) >= 11 is 0. The van der Waals surface area contributed by atoms with Crippen molar-refractivity contribution in [3.63, 3.8) is 0 Å². The second-order valence-electron chi connectivity index (χ2n) is 4.65. The number of hydroxylamine groups is 1. The number of rotatable bonds is 6. The highest BCUT2D eigenvalue weighted by Gasteiger charge is 2.14. The number of hydrogen-bond acceptors (Lipinski definition) is 6. The lowest BCUT2D eigenvalue weighted by atomic mass is 10.2. The second-order valence-corrected chi connectivity index (χ2v) is 4.65. The van der Waals surface area contributed by atoms with E-state index in [1.54, 1.807) is 10.7 Å². The van der Waals surface area contributed by atoms with Crippen LogP contribution in [0.15, 0.2) is 47.6 Å². The van der Waals surface area contributed by atoms with Crippen LogP contribution in [0.3, 0.4) is 0 Å². The summed E-state index contributed by atoms with van der Waals surface area (Å²) in [5, 5.41) is 4.32. The minimum atomic E-state index is -0.224. The molecule has 0 radical (unpaired) electrons. The Hall–Kier alpha value is -3.00. The highest BCUT2D eigenvalue weighted by molar-refractivity contribution is 5.57. The molecule has 118 valence electrons. The van der Waals surface area contributed by atoms with Crippen LogP contribution in [-0.2, 0) is 4.84 Å². The van der Waals surface area contributed by atoms with Crippen LogP contribution in [0.4, 0.5) is 5.95 Å². The molecule has 3 aromatic rings. The number of aliphatic imine (C=N–C) groups is 1. The third-order valence-electron chi connectivity index (χ3n) is 3.08. The SMILES string of the molecule is CON/C=N/c1nc2nccc(C(C)Oc3ccccc3)n2n1. The quantitative estimate of drug-likeness (QED) is 0.426. The topological polar surface area (TPSA) is 85.9 Å². The maximum absolute atomic E-state index is 5.93. The largest absolute Gasteiger partial charge is 0.484 e. The molecular weight excluding hydrogens is 296 g/mol. The zero-order valence-electron chi connectivity index (χ0n) is 12.7. The van der Waals surface area contributed by atoms with Gasteiger partial charge >= 0.3 is 0 Å². The molecule has 0 aliphatic carbocycles. The molecule has 0 aliphatic rings. The molecule has 1 unspecified atom stereocenters. The minimum absolute atomic E-state index is 0.224. The molecule has 0 saturated carbocycles. The Morgan fingerprint density at radius 2 is 2.09 bits per heavy atom. The van der Waals surface area contributed by atoms with Crippen LogP contribution in [0.25, 0.3) is 5.78 Å². The van der Waals surface area contributed by atoms with E-state index in [9.17, 15) is 0 Å². The number of nitrogens with one attached hydrogen (secondary N) is 1. The van der Waals surface area contributed by atoms with Crippen molar-refractivity contribution in [1.82, 2.24) is 25.1 Å². The van der Waals surface area contributed by atoms with E-state index in [1.165, 1.54) is 13.4 Å². The molecule has 2 aromatic heterocycles. The number of fused-ring (bicyclic) bond motifs is 1.